The van der Waals surface area contributed by atoms with Crippen LogP contribution in [0.1, 0.15) is 72.0 Å². The summed E-state index contributed by atoms with van der Waals surface area (Å²) >= 11 is 0. The number of nitrogens with zero attached hydrogens (tertiary/aromatic N) is 1. The SMILES string of the molecule is CCOc1cc2c(cc1C(=O)NC)C(=N)N(CC(=O)c1ccc(OC(C)C(=O)O)c(C(C)(C)C)c1)C2. The number of carboxylic acid groups (broad SMARTS) is 1. The average molecular weight is 496 g/mol. The van der Waals surface area contributed by atoms with E-state index < -0.39 is 17.5 Å². The molecule has 2 aromatic rings. The standard InChI is InChI=1S/C27H33N3O6/c1-7-35-23-11-17-13-30(24(28)18(17)12-19(23)25(32)29-6)14-21(31)16-8-9-22(36-15(2)26(33)34)20(10-16)27(3,4)5/h8-12,15,28H,7,13-14H2,1-6H3,(H,29,32)(H,33,34). The van der Waals surface area contributed by atoms with Crippen molar-refractivity contribution in [2.45, 2.75) is 52.7 Å². The average Bonchev–Trinajstić information content (AvgIpc) is 3.11. The quantitative estimate of drug-likeness (QED) is 0.453. The molecule has 1 aliphatic heterocycles. The molecule has 0 spiro atoms. The molecule has 1 atom stereocenters. The molecule has 0 saturated carbocycles. The molecule has 0 saturated heterocycles. The number of carbonyl (C=O) groups excluding carboxylic acids is 2. The second-order valence-electron chi connectivity index (χ2n) is 9.70. The fourth-order valence-corrected chi connectivity index (χ4v) is 4.05. The van der Waals surface area contributed by atoms with Gasteiger partial charge in [-0.15, -0.1) is 0 Å². The van der Waals surface area contributed by atoms with Gasteiger partial charge in [-0.05, 0) is 55.2 Å². The highest BCUT2D eigenvalue weighted by Crippen LogP contribution is 2.34. The molecule has 9 nitrogen and oxygen atoms in total. The van der Waals surface area contributed by atoms with E-state index in [1.807, 2.05) is 27.7 Å². The molecule has 0 bridgehead atoms. The van der Waals surface area contributed by atoms with Crippen molar-refractivity contribution in [2.75, 3.05) is 20.2 Å². The minimum absolute atomic E-state index is 0.0257. The number of amides is 1. The second-order valence-corrected chi connectivity index (χ2v) is 9.70. The molecular formula is C27H33N3O6. The highest BCUT2D eigenvalue weighted by Gasteiger charge is 2.30. The molecule has 1 amide bonds. The van der Waals surface area contributed by atoms with Gasteiger partial charge in [-0.1, -0.05) is 20.8 Å². The van der Waals surface area contributed by atoms with Gasteiger partial charge < -0.3 is 24.8 Å². The monoisotopic (exact) mass is 495 g/mol. The first-order chi connectivity index (χ1) is 16.9. The van der Waals surface area contributed by atoms with Gasteiger partial charge in [0, 0.05) is 30.3 Å². The van der Waals surface area contributed by atoms with Crippen molar-refractivity contribution in [2.24, 2.45) is 0 Å². The van der Waals surface area contributed by atoms with Crippen LogP contribution in [0.25, 0.3) is 0 Å². The lowest BCUT2D eigenvalue weighted by Crippen LogP contribution is -2.30. The summed E-state index contributed by atoms with van der Waals surface area (Å²) in [6.07, 6.45) is -1.03. The zero-order valence-electron chi connectivity index (χ0n) is 21.5. The second kappa shape index (κ2) is 10.4. The van der Waals surface area contributed by atoms with E-state index in [0.29, 0.717) is 41.3 Å². The van der Waals surface area contributed by atoms with Gasteiger partial charge in [0.25, 0.3) is 5.91 Å². The lowest BCUT2D eigenvalue weighted by atomic mass is 9.85. The summed E-state index contributed by atoms with van der Waals surface area (Å²) in [5.74, 6) is -0.546. The predicted octanol–water partition coefficient (Wildman–Crippen LogP) is 3.62. The van der Waals surface area contributed by atoms with Crippen molar-refractivity contribution >= 4 is 23.5 Å². The fourth-order valence-electron chi connectivity index (χ4n) is 4.05. The maximum Gasteiger partial charge on any atom is 0.344 e. The number of Topliss-reactive ketones (excluding diaryl/α,β-unsaturated/α-hetero) is 1. The van der Waals surface area contributed by atoms with Crippen LogP contribution in [-0.2, 0) is 16.8 Å². The maximum atomic E-state index is 13.2. The largest absolute Gasteiger partial charge is 0.493 e. The van der Waals surface area contributed by atoms with Crippen molar-refractivity contribution < 1.29 is 29.0 Å². The molecule has 3 N–H and O–H groups in total. The van der Waals surface area contributed by atoms with E-state index >= 15 is 0 Å². The minimum Gasteiger partial charge on any atom is -0.493 e. The van der Waals surface area contributed by atoms with E-state index in [2.05, 4.69) is 5.32 Å². The van der Waals surface area contributed by atoms with Gasteiger partial charge >= 0.3 is 5.97 Å². The molecule has 0 aliphatic carbocycles. The Morgan fingerprint density at radius 1 is 1.17 bits per heavy atom. The fraction of sp³-hybridized carbons (Fsp3) is 0.407. The zero-order chi connectivity index (χ0) is 26.8. The summed E-state index contributed by atoms with van der Waals surface area (Å²) < 4.78 is 11.3. The molecule has 0 fully saturated rings. The highest BCUT2D eigenvalue weighted by atomic mass is 16.5. The number of amidine groups is 1. The molecular weight excluding hydrogens is 462 g/mol. The summed E-state index contributed by atoms with van der Waals surface area (Å²) in [7, 11) is 1.53. The van der Waals surface area contributed by atoms with Crippen molar-refractivity contribution in [1.82, 2.24) is 10.2 Å². The summed E-state index contributed by atoms with van der Waals surface area (Å²) in [5.41, 5.74) is 2.51. The van der Waals surface area contributed by atoms with Crippen molar-refractivity contribution in [1.29, 1.82) is 5.41 Å². The summed E-state index contributed by atoms with van der Waals surface area (Å²) in [5, 5.41) is 20.4. The van der Waals surface area contributed by atoms with E-state index in [9.17, 15) is 19.5 Å². The molecule has 3 rings (SSSR count). The van der Waals surface area contributed by atoms with E-state index in [1.165, 1.54) is 14.0 Å². The number of benzene rings is 2. The third-order valence-electron chi connectivity index (χ3n) is 6.01. The maximum absolute atomic E-state index is 13.2. The van der Waals surface area contributed by atoms with E-state index in [4.69, 9.17) is 14.9 Å². The number of ether oxygens (including phenoxy) is 2. The van der Waals surface area contributed by atoms with Crippen LogP contribution in [0, 0.1) is 5.41 Å². The molecule has 1 heterocycles. The normalized spacial score (nSPS) is 13.7. The van der Waals surface area contributed by atoms with Crippen molar-refractivity contribution in [3.63, 3.8) is 0 Å². The van der Waals surface area contributed by atoms with Gasteiger partial charge in [-0.3, -0.25) is 15.0 Å². The number of aliphatic carboxylic acids is 1. The molecule has 1 aliphatic rings. The van der Waals surface area contributed by atoms with Crippen LogP contribution >= 0.6 is 0 Å². The molecule has 9 heteroatoms. The third kappa shape index (κ3) is 5.50. The van der Waals surface area contributed by atoms with Crippen LogP contribution in [0.5, 0.6) is 11.5 Å². The van der Waals surface area contributed by atoms with Crippen LogP contribution in [-0.4, -0.2) is 59.8 Å². The Balaban J connectivity index is 1.86. The molecule has 192 valence electrons. The molecule has 0 radical (unpaired) electrons. The number of hydrogen-bond acceptors (Lipinski definition) is 6. The van der Waals surface area contributed by atoms with Crippen LogP contribution in [0.15, 0.2) is 30.3 Å². The first kappa shape index (κ1) is 26.7. The van der Waals surface area contributed by atoms with Crippen LogP contribution in [0.4, 0.5) is 0 Å². The molecule has 0 aromatic heterocycles. The third-order valence-corrected chi connectivity index (χ3v) is 6.01. The molecule has 2 aromatic carbocycles. The van der Waals surface area contributed by atoms with E-state index in [0.717, 1.165) is 11.1 Å². The Bertz CT molecular complexity index is 1210. The number of carboxylic acids is 1. The summed E-state index contributed by atoms with van der Waals surface area (Å²) in [4.78, 5) is 38.5. The number of rotatable bonds is 9. The number of hydrogen-bond donors (Lipinski definition) is 3. The van der Waals surface area contributed by atoms with Gasteiger partial charge in [0.05, 0.1) is 18.7 Å². The summed E-state index contributed by atoms with van der Waals surface area (Å²) in [6.45, 7) is 9.88. The lowest BCUT2D eigenvalue weighted by Gasteiger charge is -2.25. The van der Waals surface area contributed by atoms with Crippen molar-refractivity contribution in [3.05, 3.63) is 58.1 Å². The van der Waals surface area contributed by atoms with Crippen LogP contribution < -0.4 is 14.8 Å². The Morgan fingerprint density at radius 3 is 2.44 bits per heavy atom. The van der Waals surface area contributed by atoms with Crippen LogP contribution in [0.2, 0.25) is 0 Å². The van der Waals surface area contributed by atoms with E-state index in [1.54, 1.807) is 35.2 Å². The predicted molar refractivity (Wildman–Crippen MR) is 135 cm³/mol. The Morgan fingerprint density at radius 2 is 1.86 bits per heavy atom. The zero-order valence-corrected chi connectivity index (χ0v) is 21.5. The topological polar surface area (TPSA) is 129 Å². The lowest BCUT2D eigenvalue weighted by molar-refractivity contribution is -0.144. The van der Waals surface area contributed by atoms with Gasteiger partial charge in [0.1, 0.15) is 17.3 Å². The number of carbonyl (C=O) groups is 3. The minimum atomic E-state index is -1.07. The first-order valence-corrected chi connectivity index (χ1v) is 11.8. The molecule has 1 unspecified atom stereocenters. The van der Waals surface area contributed by atoms with Crippen LogP contribution in [0.3, 0.4) is 0 Å². The smallest absolute Gasteiger partial charge is 0.344 e. The number of ketones is 1. The number of nitrogens with one attached hydrogen (secondary N) is 2. The van der Waals surface area contributed by atoms with Crippen molar-refractivity contribution in [3.8, 4) is 11.5 Å². The van der Waals surface area contributed by atoms with Gasteiger partial charge in [-0.25, -0.2) is 4.79 Å². The summed E-state index contributed by atoms with van der Waals surface area (Å²) in [6, 6.07) is 8.37. The highest BCUT2D eigenvalue weighted by molar-refractivity contribution is 6.07. The Kier molecular flexibility index (Phi) is 7.71. The van der Waals surface area contributed by atoms with E-state index in [-0.39, 0.29) is 24.1 Å². The van der Waals surface area contributed by atoms with Gasteiger partial charge in [0.2, 0.25) is 0 Å². The molecule has 36 heavy (non-hydrogen) atoms. The Hall–Kier alpha value is -3.88. The number of fused-ring (bicyclic) bond motifs is 1. The Labute approximate surface area is 210 Å². The van der Waals surface area contributed by atoms with Gasteiger partial charge in [-0.2, -0.15) is 0 Å². The van der Waals surface area contributed by atoms with Gasteiger partial charge in [0.15, 0.2) is 11.9 Å². The first-order valence-electron chi connectivity index (χ1n) is 11.8.